The zero-order valence-electron chi connectivity index (χ0n) is 11.0. The maximum absolute atomic E-state index is 11.2. The second kappa shape index (κ2) is 7.23. The Bertz CT molecular complexity index is 410. The SMILES string of the molecule is CCNc1cccc(SCCN(C)C)c1[N+](=O)[O-]. The Kier molecular flexibility index (Phi) is 5.94. The van der Waals surface area contributed by atoms with E-state index in [4.69, 9.17) is 0 Å². The third-order valence-corrected chi connectivity index (χ3v) is 3.37. The number of nitro benzene ring substituents is 1. The zero-order valence-corrected chi connectivity index (χ0v) is 11.8. The Morgan fingerprint density at radius 3 is 2.72 bits per heavy atom. The van der Waals surface area contributed by atoms with Gasteiger partial charge in [-0.2, -0.15) is 0 Å². The summed E-state index contributed by atoms with van der Waals surface area (Å²) >= 11 is 1.52. The highest BCUT2D eigenvalue weighted by atomic mass is 32.2. The van der Waals surface area contributed by atoms with Gasteiger partial charge < -0.3 is 10.2 Å². The number of nitrogens with zero attached hydrogens (tertiary/aromatic N) is 2. The van der Waals surface area contributed by atoms with Crippen molar-refractivity contribution in [1.29, 1.82) is 0 Å². The second-order valence-electron chi connectivity index (χ2n) is 4.09. The molecule has 0 aromatic heterocycles. The largest absolute Gasteiger partial charge is 0.380 e. The molecule has 0 saturated heterocycles. The average molecular weight is 269 g/mol. The predicted molar refractivity (Wildman–Crippen MR) is 76.5 cm³/mol. The Balaban J connectivity index is 2.88. The third kappa shape index (κ3) is 4.19. The van der Waals surface area contributed by atoms with Crippen molar-refractivity contribution >= 4 is 23.1 Å². The lowest BCUT2D eigenvalue weighted by molar-refractivity contribution is -0.386. The van der Waals surface area contributed by atoms with E-state index in [-0.39, 0.29) is 10.6 Å². The van der Waals surface area contributed by atoms with Gasteiger partial charge in [0, 0.05) is 18.8 Å². The first-order chi connectivity index (χ1) is 8.56. The molecular formula is C12H19N3O2S. The van der Waals surface area contributed by atoms with Gasteiger partial charge in [-0.15, -0.1) is 11.8 Å². The summed E-state index contributed by atoms with van der Waals surface area (Å²) in [5.74, 6) is 0.837. The first kappa shape index (κ1) is 14.8. The van der Waals surface area contributed by atoms with Crippen molar-refractivity contribution in [2.24, 2.45) is 0 Å². The molecule has 0 saturated carbocycles. The monoisotopic (exact) mass is 269 g/mol. The maximum atomic E-state index is 11.2. The Labute approximate surface area is 112 Å². The van der Waals surface area contributed by atoms with Gasteiger partial charge in [-0.1, -0.05) is 6.07 Å². The van der Waals surface area contributed by atoms with E-state index in [2.05, 4.69) is 10.2 Å². The summed E-state index contributed by atoms with van der Waals surface area (Å²) in [6.07, 6.45) is 0. The molecule has 0 spiro atoms. The molecule has 0 atom stereocenters. The van der Waals surface area contributed by atoms with Crippen LogP contribution in [0.25, 0.3) is 0 Å². The molecule has 1 aromatic carbocycles. The van der Waals surface area contributed by atoms with E-state index in [0.717, 1.165) is 17.2 Å². The molecule has 1 rings (SSSR count). The average Bonchev–Trinajstić information content (AvgIpc) is 2.28. The summed E-state index contributed by atoms with van der Waals surface area (Å²) < 4.78 is 0. The summed E-state index contributed by atoms with van der Waals surface area (Å²) in [7, 11) is 3.98. The van der Waals surface area contributed by atoms with Crippen molar-refractivity contribution < 1.29 is 4.92 Å². The van der Waals surface area contributed by atoms with Gasteiger partial charge in [0.25, 0.3) is 0 Å². The lowest BCUT2D eigenvalue weighted by Gasteiger charge is -2.10. The van der Waals surface area contributed by atoms with E-state index in [0.29, 0.717) is 12.2 Å². The van der Waals surface area contributed by atoms with Crippen molar-refractivity contribution in [3.8, 4) is 0 Å². The number of para-hydroxylation sites is 1. The highest BCUT2D eigenvalue weighted by Gasteiger charge is 2.19. The van der Waals surface area contributed by atoms with Gasteiger partial charge in [-0.05, 0) is 33.2 Å². The van der Waals surface area contributed by atoms with Crippen LogP contribution in [-0.2, 0) is 0 Å². The Hall–Kier alpha value is -1.27. The van der Waals surface area contributed by atoms with E-state index in [1.807, 2.05) is 27.1 Å². The molecule has 1 aromatic rings. The number of anilines is 1. The van der Waals surface area contributed by atoms with Crippen molar-refractivity contribution in [1.82, 2.24) is 4.90 Å². The molecule has 0 unspecified atom stereocenters. The molecule has 0 bridgehead atoms. The van der Waals surface area contributed by atoms with Gasteiger partial charge in [0.1, 0.15) is 5.69 Å². The molecule has 0 aliphatic rings. The van der Waals surface area contributed by atoms with Crippen LogP contribution in [0.4, 0.5) is 11.4 Å². The summed E-state index contributed by atoms with van der Waals surface area (Å²) in [5, 5.41) is 14.2. The van der Waals surface area contributed by atoms with E-state index >= 15 is 0 Å². The van der Waals surface area contributed by atoms with Crippen LogP contribution in [0, 0.1) is 10.1 Å². The fraction of sp³-hybridized carbons (Fsp3) is 0.500. The van der Waals surface area contributed by atoms with Gasteiger partial charge in [0.2, 0.25) is 0 Å². The molecule has 0 heterocycles. The van der Waals surface area contributed by atoms with Gasteiger partial charge in [0.05, 0.1) is 9.82 Å². The van der Waals surface area contributed by atoms with Crippen LogP contribution in [-0.4, -0.2) is 42.8 Å². The predicted octanol–water partition coefficient (Wildman–Crippen LogP) is 2.68. The second-order valence-corrected chi connectivity index (χ2v) is 5.23. The van der Waals surface area contributed by atoms with Crippen LogP contribution >= 0.6 is 11.8 Å². The first-order valence-corrected chi connectivity index (χ1v) is 6.83. The number of nitro groups is 1. The van der Waals surface area contributed by atoms with E-state index < -0.39 is 0 Å². The summed E-state index contributed by atoms with van der Waals surface area (Å²) in [6.45, 7) is 3.50. The Morgan fingerprint density at radius 1 is 1.44 bits per heavy atom. The molecule has 18 heavy (non-hydrogen) atoms. The van der Waals surface area contributed by atoms with E-state index in [1.54, 1.807) is 12.1 Å². The number of benzene rings is 1. The smallest absolute Gasteiger partial charge is 0.305 e. The van der Waals surface area contributed by atoms with E-state index in [9.17, 15) is 10.1 Å². The molecular weight excluding hydrogens is 250 g/mol. The number of hydrogen-bond acceptors (Lipinski definition) is 5. The Morgan fingerprint density at radius 2 is 2.17 bits per heavy atom. The number of rotatable bonds is 7. The molecule has 5 nitrogen and oxygen atoms in total. The normalized spacial score (nSPS) is 10.7. The van der Waals surface area contributed by atoms with Gasteiger partial charge >= 0.3 is 5.69 Å². The molecule has 6 heteroatoms. The minimum Gasteiger partial charge on any atom is -0.380 e. The molecule has 0 amide bonds. The van der Waals surface area contributed by atoms with Gasteiger partial charge in [0.15, 0.2) is 0 Å². The molecule has 0 fully saturated rings. The lowest BCUT2D eigenvalue weighted by atomic mass is 10.2. The highest BCUT2D eigenvalue weighted by molar-refractivity contribution is 7.99. The van der Waals surface area contributed by atoms with Crippen LogP contribution in [0.3, 0.4) is 0 Å². The fourth-order valence-electron chi connectivity index (χ4n) is 1.50. The van der Waals surface area contributed by atoms with Crippen molar-refractivity contribution in [2.45, 2.75) is 11.8 Å². The van der Waals surface area contributed by atoms with Crippen LogP contribution in [0.15, 0.2) is 23.1 Å². The van der Waals surface area contributed by atoms with Crippen molar-refractivity contribution in [2.75, 3.05) is 38.3 Å². The van der Waals surface area contributed by atoms with Crippen LogP contribution in [0.1, 0.15) is 6.92 Å². The van der Waals surface area contributed by atoms with Crippen LogP contribution in [0.2, 0.25) is 0 Å². The van der Waals surface area contributed by atoms with E-state index in [1.165, 1.54) is 11.8 Å². The number of nitrogens with one attached hydrogen (secondary N) is 1. The number of hydrogen-bond donors (Lipinski definition) is 1. The summed E-state index contributed by atoms with van der Waals surface area (Å²) in [6, 6.07) is 5.40. The first-order valence-electron chi connectivity index (χ1n) is 5.85. The summed E-state index contributed by atoms with van der Waals surface area (Å²) in [5.41, 5.74) is 0.778. The van der Waals surface area contributed by atoms with Gasteiger partial charge in [-0.25, -0.2) is 0 Å². The third-order valence-electron chi connectivity index (χ3n) is 2.34. The molecule has 1 N–H and O–H groups in total. The van der Waals surface area contributed by atoms with Crippen molar-refractivity contribution in [3.05, 3.63) is 28.3 Å². The standard InChI is InChI=1S/C12H19N3O2S/c1-4-13-10-6-5-7-11(12(10)15(16)17)18-9-8-14(2)3/h5-7,13H,4,8-9H2,1-3H3. The number of thioether (sulfide) groups is 1. The van der Waals surface area contributed by atoms with Crippen LogP contribution < -0.4 is 5.32 Å². The van der Waals surface area contributed by atoms with Gasteiger partial charge in [-0.3, -0.25) is 10.1 Å². The maximum Gasteiger partial charge on any atom is 0.305 e. The molecule has 0 radical (unpaired) electrons. The molecule has 0 aliphatic carbocycles. The topological polar surface area (TPSA) is 58.4 Å². The summed E-state index contributed by atoms with van der Waals surface area (Å²) in [4.78, 5) is 13.6. The quantitative estimate of drug-likeness (QED) is 0.468. The van der Waals surface area contributed by atoms with Crippen molar-refractivity contribution in [3.63, 3.8) is 0 Å². The molecule has 100 valence electrons. The zero-order chi connectivity index (χ0) is 13.5. The fourth-order valence-corrected chi connectivity index (χ4v) is 2.67. The minimum atomic E-state index is -0.310. The molecule has 0 aliphatic heterocycles. The minimum absolute atomic E-state index is 0.183. The highest BCUT2D eigenvalue weighted by Crippen LogP contribution is 2.35. The lowest BCUT2D eigenvalue weighted by Crippen LogP contribution is -2.14. The van der Waals surface area contributed by atoms with Crippen LogP contribution in [0.5, 0.6) is 0 Å².